The van der Waals surface area contributed by atoms with Gasteiger partial charge in [0, 0.05) is 18.7 Å². The largest absolute Gasteiger partial charge is 0.326 e. The fourth-order valence-corrected chi connectivity index (χ4v) is 2.22. The molecule has 5 nitrogen and oxygen atoms in total. The highest BCUT2D eigenvalue weighted by Crippen LogP contribution is 2.14. The van der Waals surface area contributed by atoms with Gasteiger partial charge in [-0.15, -0.1) is 6.58 Å². The number of amides is 1. The Kier molecular flexibility index (Phi) is 5.06. The van der Waals surface area contributed by atoms with Gasteiger partial charge >= 0.3 is 0 Å². The van der Waals surface area contributed by atoms with Crippen LogP contribution in [0.4, 0.5) is 5.69 Å². The van der Waals surface area contributed by atoms with Gasteiger partial charge in [0.1, 0.15) is 0 Å². The van der Waals surface area contributed by atoms with Crippen LogP contribution in [0.15, 0.2) is 41.8 Å². The van der Waals surface area contributed by atoms with Crippen molar-refractivity contribution in [2.45, 2.75) is 18.2 Å². The second-order valence-corrected chi connectivity index (χ2v) is 5.33. The van der Waals surface area contributed by atoms with Crippen molar-refractivity contribution in [2.75, 3.05) is 11.9 Å². The lowest BCUT2D eigenvalue weighted by atomic mass is 10.3. The molecule has 0 unspecified atom stereocenters. The molecule has 0 saturated carbocycles. The molecule has 0 atom stereocenters. The van der Waals surface area contributed by atoms with Crippen molar-refractivity contribution in [2.24, 2.45) is 0 Å². The zero-order valence-corrected chi connectivity index (χ0v) is 11.0. The van der Waals surface area contributed by atoms with Crippen molar-refractivity contribution in [1.29, 1.82) is 0 Å². The summed E-state index contributed by atoms with van der Waals surface area (Å²) in [6.45, 7) is 5.36. The highest BCUT2D eigenvalue weighted by molar-refractivity contribution is 7.89. The van der Waals surface area contributed by atoms with Crippen LogP contribution in [-0.4, -0.2) is 20.9 Å². The fourth-order valence-electron chi connectivity index (χ4n) is 1.22. The van der Waals surface area contributed by atoms with Crippen LogP contribution in [0.5, 0.6) is 0 Å². The van der Waals surface area contributed by atoms with Crippen LogP contribution in [0.3, 0.4) is 0 Å². The lowest BCUT2D eigenvalue weighted by Crippen LogP contribution is -2.23. The van der Waals surface area contributed by atoms with Gasteiger partial charge in [-0.1, -0.05) is 13.0 Å². The lowest BCUT2D eigenvalue weighted by Gasteiger charge is -2.06. The summed E-state index contributed by atoms with van der Waals surface area (Å²) in [5, 5.41) is 2.64. The van der Waals surface area contributed by atoms with Gasteiger partial charge in [0.25, 0.3) is 0 Å². The van der Waals surface area contributed by atoms with Gasteiger partial charge in [0.15, 0.2) is 0 Å². The average molecular weight is 268 g/mol. The van der Waals surface area contributed by atoms with E-state index in [0.29, 0.717) is 12.1 Å². The Morgan fingerprint density at radius 1 is 1.33 bits per heavy atom. The molecule has 0 aliphatic heterocycles. The molecule has 1 rings (SSSR count). The molecule has 0 aliphatic rings. The molecule has 0 aliphatic carbocycles. The molecule has 0 bridgehead atoms. The minimum absolute atomic E-state index is 0.115. The molecule has 1 aromatic carbocycles. The Bertz CT molecular complexity index is 521. The smallest absolute Gasteiger partial charge is 0.240 e. The predicted molar refractivity (Wildman–Crippen MR) is 70.7 cm³/mol. The topological polar surface area (TPSA) is 75.3 Å². The Morgan fingerprint density at radius 3 is 2.44 bits per heavy atom. The number of benzene rings is 1. The minimum Gasteiger partial charge on any atom is -0.326 e. The zero-order valence-electron chi connectivity index (χ0n) is 10.1. The highest BCUT2D eigenvalue weighted by Gasteiger charge is 2.12. The average Bonchev–Trinajstić information content (AvgIpc) is 2.37. The molecular formula is C12H16N2O3S. The van der Waals surface area contributed by atoms with Crippen LogP contribution in [0.1, 0.15) is 13.3 Å². The molecule has 6 heteroatoms. The molecular weight excluding hydrogens is 252 g/mol. The minimum atomic E-state index is -3.51. The molecule has 0 saturated heterocycles. The second-order valence-electron chi connectivity index (χ2n) is 3.57. The number of sulfonamides is 1. The van der Waals surface area contributed by atoms with E-state index < -0.39 is 10.0 Å². The number of rotatable bonds is 6. The van der Waals surface area contributed by atoms with E-state index in [1.807, 2.05) is 0 Å². The van der Waals surface area contributed by atoms with Crippen molar-refractivity contribution in [3.8, 4) is 0 Å². The standard InChI is InChI=1S/C12H16N2O3S/c1-3-9-13-18(16,17)11-7-5-10(6-8-11)14-12(15)4-2/h3,5-8,13H,1,4,9H2,2H3,(H,14,15). The van der Waals surface area contributed by atoms with Crippen LogP contribution in [0.2, 0.25) is 0 Å². The summed E-state index contributed by atoms with van der Waals surface area (Å²) in [6, 6.07) is 5.99. The van der Waals surface area contributed by atoms with Gasteiger partial charge in [0.05, 0.1) is 4.90 Å². The summed E-state index contributed by atoms with van der Waals surface area (Å²) in [4.78, 5) is 11.3. The SMILES string of the molecule is C=CCNS(=O)(=O)c1ccc(NC(=O)CC)cc1. The lowest BCUT2D eigenvalue weighted by molar-refractivity contribution is -0.115. The normalized spacial score (nSPS) is 10.9. The van der Waals surface area contributed by atoms with E-state index in [1.54, 1.807) is 19.1 Å². The molecule has 0 aromatic heterocycles. The first-order valence-corrected chi connectivity index (χ1v) is 6.98. The maximum absolute atomic E-state index is 11.7. The first-order chi connectivity index (χ1) is 8.49. The third-order valence-corrected chi connectivity index (χ3v) is 3.63. The molecule has 2 N–H and O–H groups in total. The fraction of sp³-hybridized carbons (Fsp3) is 0.250. The highest BCUT2D eigenvalue weighted by atomic mass is 32.2. The first-order valence-electron chi connectivity index (χ1n) is 5.50. The summed E-state index contributed by atoms with van der Waals surface area (Å²) < 4.78 is 25.8. The number of nitrogens with one attached hydrogen (secondary N) is 2. The molecule has 0 heterocycles. The number of hydrogen-bond acceptors (Lipinski definition) is 3. The molecule has 18 heavy (non-hydrogen) atoms. The maximum Gasteiger partial charge on any atom is 0.240 e. The van der Waals surface area contributed by atoms with Gasteiger partial charge in [-0.3, -0.25) is 4.79 Å². The predicted octanol–water partition coefficient (Wildman–Crippen LogP) is 1.50. The molecule has 0 radical (unpaired) electrons. The van der Waals surface area contributed by atoms with Crippen LogP contribution >= 0.6 is 0 Å². The number of carbonyl (C=O) groups is 1. The van der Waals surface area contributed by atoms with E-state index in [-0.39, 0.29) is 17.3 Å². The first kappa shape index (κ1) is 14.4. The summed E-state index contributed by atoms with van der Waals surface area (Å²) in [5.74, 6) is -0.115. The van der Waals surface area contributed by atoms with Gasteiger partial charge in [-0.25, -0.2) is 13.1 Å². The molecule has 1 aromatic rings. The third-order valence-electron chi connectivity index (χ3n) is 2.19. The Labute approximate surface area is 107 Å². The van der Waals surface area contributed by atoms with Gasteiger partial charge in [0.2, 0.25) is 15.9 Å². The van der Waals surface area contributed by atoms with E-state index in [2.05, 4.69) is 16.6 Å². The maximum atomic E-state index is 11.7. The summed E-state index contributed by atoms with van der Waals surface area (Å²) in [7, 11) is -3.51. The Balaban J connectivity index is 2.82. The number of carbonyl (C=O) groups excluding carboxylic acids is 1. The van der Waals surface area contributed by atoms with Crippen molar-refractivity contribution >= 4 is 21.6 Å². The van der Waals surface area contributed by atoms with Crippen LogP contribution in [-0.2, 0) is 14.8 Å². The van der Waals surface area contributed by atoms with Crippen LogP contribution in [0.25, 0.3) is 0 Å². The van der Waals surface area contributed by atoms with E-state index >= 15 is 0 Å². The monoisotopic (exact) mass is 268 g/mol. The molecule has 1 amide bonds. The van der Waals surface area contributed by atoms with Crippen LogP contribution < -0.4 is 10.0 Å². The van der Waals surface area contributed by atoms with Gasteiger partial charge in [-0.2, -0.15) is 0 Å². The summed E-state index contributed by atoms with van der Waals surface area (Å²) >= 11 is 0. The quantitative estimate of drug-likeness (QED) is 0.768. The molecule has 0 spiro atoms. The molecule has 0 fully saturated rings. The van der Waals surface area contributed by atoms with E-state index in [0.717, 1.165) is 0 Å². The summed E-state index contributed by atoms with van der Waals surface area (Å²) in [6.07, 6.45) is 1.84. The number of hydrogen-bond donors (Lipinski definition) is 2. The van der Waals surface area contributed by atoms with Gasteiger partial charge in [-0.05, 0) is 24.3 Å². The van der Waals surface area contributed by atoms with E-state index in [4.69, 9.17) is 0 Å². The third kappa shape index (κ3) is 3.97. The van der Waals surface area contributed by atoms with Gasteiger partial charge < -0.3 is 5.32 Å². The zero-order chi connectivity index (χ0) is 13.6. The van der Waals surface area contributed by atoms with E-state index in [1.165, 1.54) is 18.2 Å². The number of anilines is 1. The van der Waals surface area contributed by atoms with Crippen molar-refractivity contribution < 1.29 is 13.2 Å². The second kappa shape index (κ2) is 6.32. The molecule has 98 valence electrons. The summed E-state index contributed by atoms with van der Waals surface area (Å²) in [5.41, 5.74) is 0.574. The van der Waals surface area contributed by atoms with Crippen molar-refractivity contribution in [3.05, 3.63) is 36.9 Å². The van der Waals surface area contributed by atoms with Crippen LogP contribution in [0, 0.1) is 0 Å². The Morgan fingerprint density at radius 2 is 1.94 bits per heavy atom. The van der Waals surface area contributed by atoms with E-state index in [9.17, 15) is 13.2 Å². The van der Waals surface area contributed by atoms with Crippen molar-refractivity contribution in [1.82, 2.24) is 4.72 Å². The van der Waals surface area contributed by atoms with Crippen molar-refractivity contribution in [3.63, 3.8) is 0 Å². The Hall–Kier alpha value is -1.66.